The SMILES string of the molecule is CS(=O)(=O)Nc1ccc(Nc2ncc(-c3cn[nH]c3)n3ccnc23)cc1. The van der Waals surface area contributed by atoms with E-state index < -0.39 is 10.0 Å². The molecule has 26 heavy (non-hydrogen) atoms. The third-order valence-corrected chi connectivity index (χ3v) is 4.28. The van der Waals surface area contributed by atoms with Crippen LogP contribution < -0.4 is 10.0 Å². The fourth-order valence-corrected chi connectivity index (χ4v) is 3.15. The van der Waals surface area contributed by atoms with E-state index in [0.29, 0.717) is 17.2 Å². The number of benzene rings is 1. The van der Waals surface area contributed by atoms with E-state index >= 15 is 0 Å². The van der Waals surface area contributed by atoms with Gasteiger partial charge in [-0.05, 0) is 24.3 Å². The van der Waals surface area contributed by atoms with Crippen molar-refractivity contribution in [1.82, 2.24) is 24.6 Å². The van der Waals surface area contributed by atoms with Crippen LogP contribution in [0.3, 0.4) is 0 Å². The largest absolute Gasteiger partial charge is 0.337 e. The van der Waals surface area contributed by atoms with Crippen molar-refractivity contribution >= 4 is 32.9 Å². The van der Waals surface area contributed by atoms with E-state index in [1.165, 1.54) is 0 Å². The Bertz CT molecular complexity index is 1150. The van der Waals surface area contributed by atoms with E-state index in [1.54, 1.807) is 49.1 Å². The van der Waals surface area contributed by atoms with Crippen molar-refractivity contribution in [2.75, 3.05) is 16.3 Å². The zero-order chi connectivity index (χ0) is 18.1. The van der Waals surface area contributed by atoms with Crippen LogP contribution in [0.4, 0.5) is 17.2 Å². The summed E-state index contributed by atoms with van der Waals surface area (Å²) in [5.74, 6) is 0.589. The van der Waals surface area contributed by atoms with Gasteiger partial charge in [-0.1, -0.05) is 0 Å². The molecule has 0 amide bonds. The van der Waals surface area contributed by atoms with Crippen LogP contribution in [0.2, 0.25) is 0 Å². The minimum absolute atomic E-state index is 0.493. The van der Waals surface area contributed by atoms with Crippen molar-refractivity contribution in [3.63, 3.8) is 0 Å². The average Bonchev–Trinajstić information content (AvgIpc) is 3.27. The van der Waals surface area contributed by atoms with Crippen LogP contribution in [0.15, 0.2) is 55.2 Å². The maximum Gasteiger partial charge on any atom is 0.229 e. The number of hydrogen-bond donors (Lipinski definition) is 3. The molecular formula is C16H15N7O2S. The first kappa shape index (κ1) is 16.1. The van der Waals surface area contributed by atoms with E-state index in [9.17, 15) is 8.42 Å². The van der Waals surface area contributed by atoms with Gasteiger partial charge >= 0.3 is 0 Å². The maximum absolute atomic E-state index is 11.3. The highest BCUT2D eigenvalue weighted by Gasteiger charge is 2.11. The fraction of sp³-hybridized carbons (Fsp3) is 0.0625. The molecule has 0 radical (unpaired) electrons. The lowest BCUT2D eigenvalue weighted by atomic mass is 10.2. The highest BCUT2D eigenvalue weighted by atomic mass is 32.2. The normalized spacial score (nSPS) is 11.6. The van der Waals surface area contributed by atoms with E-state index in [-0.39, 0.29) is 0 Å². The minimum Gasteiger partial charge on any atom is -0.337 e. The molecule has 0 unspecified atom stereocenters. The summed E-state index contributed by atoms with van der Waals surface area (Å²) in [6.45, 7) is 0. The van der Waals surface area contributed by atoms with Crippen molar-refractivity contribution in [3.8, 4) is 11.3 Å². The molecule has 0 spiro atoms. The molecule has 1 aromatic carbocycles. The number of nitrogens with one attached hydrogen (secondary N) is 3. The summed E-state index contributed by atoms with van der Waals surface area (Å²) < 4.78 is 26.9. The van der Waals surface area contributed by atoms with Crippen LogP contribution in [-0.2, 0) is 10.0 Å². The Kier molecular flexibility index (Phi) is 3.81. The third kappa shape index (κ3) is 3.22. The number of fused-ring (bicyclic) bond motifs is 1. The molecule has 0 aliphatic heterocycles. The standard InChI is InChI=1S/C16H15N7O2S/c1-26(24,25)22-13-4-2-12(3-5-13)21-15-16-17-6-7-23(16)14(10-18-15)11-8-19-20-9-11/h2-10,22H,1H3,(H,18,21)(H,19,20). The van der Waals surface area contributed by atoms with E-state index in [0.717, 1.165) is 23.2 Å². The van der Waals surface area contributed by atoms with Crippen LogP contribution in [-0.4, -0.2) is 39.2 Å². The van der Waals surface area contributed by atoms with Gasteiger partial charge in [0.25, 0.3) is 0 Å². The van der Waals surface area contributed by atoms with Crippen LogP contribution >= 0.6 is 0 Å². The summed E-state index contributed by atoms with van der Waals surface area (Å²) in [5.41, 5.74) is 3.69. The quantitative estimate of drug-likeness (QED) is 0.497. The molecule has 0 fully saturated rings. The number of H-pyrrole nitrogens is 1. The number of aromatic nitrogens is 5. The number of aromatic amines is 1. The molecule has 4 rings (SSSR count). The zero-order valence-corrected chi connectivity index (χ0v) is 14.5. The predicted molar refractivity (Wildman–Crippen MR) is 98.8 cm³/mol. The maximum atomic E-state index is 11.3. The predicted octanol–water partition coefficient (Wildman–Crippen LogP) is 2.23. The molecule has 4 aromatic rings. The third-order valence-electron chi connectivity index (χ3n) is 3.67. The van der Waals surface area contributed by atoms with Gasteiger partial charge in [0, 0.05) is 35.5 Å². The molecule has 3 aromatic heterocycles. The van der Waals surface area contributed by atoms with Gasteiger partial charge in [0.1, 0.15) is 0 Å². The van der Waals surface area contributed by atoms with Gasteiger partial charge in [-0.15, -0.1) is 0 Å². The van der Waals surface area contributed by atoms with Gasteiger partial charge in [0.15, 0.2) is 11.5 Å². The Morgan fingerprint density at radius 3 is 2.54 bits per heavy atom. The smallest absolute Gasteiger partial charge is 0.229 e. The van der Waals surface area contributed by atoms with Gasteiger partial charge < -0.3 is 5.32 Å². The molecule has 3 N–H and O–H groups in total. The van der Waals surface area contributed by atoms with E-state index in [4.69, 9.17) is 0 Å². The van der Waals surface area contributed by atoms with Gasteiger partial charge in [-0.3, -0.25) is 14.2 Å². The first-order chi connectivity index (χ1) is 12.5. The Morgan fingerprint density at radius 2 is 1.85 bits per heavy atom. The lowest BCUT2D eigenvalue weighted by Crippen LogP contribution is -2.09. The second-order valence-electron chi connectivity index (χ2n) is 5.68. The summed E-state index contributed by atoms with van der Waals surface area (Å²) in [5, 5.41) is 9.95. The molecule has 9 nitrogen and oxygen atoms in total. The van der Waals surface area contributed by atoms with Crippen molar-refractivity contribution in [2.45, 2.75) is 0 Å². The molecule has 0 aliphatic rings. The molecule has 0 saturated carbocycles. The van der Waals surface area contributed by atoms with Gasteiger partial charge in [-0.2, -0.15) is 5.10 Å². The Balaban J connectivity index is 1.64. The zero-order valence-electron chi connectivity index (χ0n) is 13.7. The van der Waals surface area contributed by atoms with Crippen molar-refractivity contribution in [2.24, 2.45) is 0 Å². The summed E-state index contributed by atoms with van der Waals surface area (Å²) in [6, 6.07) is 6.87. The number of imidazole rings is 1. The Hall–Kier alpha value is -3.40. The number of hydrogen-bond acceptors (Lipinski definition) is 6. The van der Waals surface area contributed by atoms with Gasteiger partial charge in [0.2, 0.25) is 10.0 Å². The minimum atomic E-state index is -3.30. The fourth-order valence-electron chi connectivity index (χ4n) is 2.58. The molecule has 3 heterocycles. The summed E-state index contributed by atoms with van der Waals surface area (Å²) >= 11 is 0. The van der Waals surface area contributed by atoms with Crippen molar-refractivity contribution in [1.29, 1.82) is 0 Å². The number of nitrogens with zero attached hydrogens (tertiary/aromatic N) is 4. The lowest BCUT2D eigenvalue weighted by Gasteiger charge is -2.10. The van der Waals surface area contributed by atoms with Gasteiger partial charge in [-0.25, -0.2) is 18.4 Å². The highest BCUT2D eigenvalue weighted by molar-refractivity contribution is 7.92. The molecule has 0 saturated heterocycles. The van der Waals surface area contributed by atoms with Crippen LogP contribution in [0.1, 0.15) is 0 Å². The molecular weight excluding hydrogens is 354 g/mol. The number of anilines is 3. The Morgan fingerprint density at radius 1 is 1.08 bits per heavy atom. The topological polar surface area (TPSA) is 117 Å². The van der Waals surface area contributed by atoms with Crippen molar-refractivity contribution < 1.29 is 8.42 Å². The molecule has 0 aliphatic carbocycles. The number of rotatable bonds is 5. The monoisotopic (exact) mass is 369 g/mol. The average molecular weight is 369 g/mol. The Labute approximate surface area is 149 Å². The summed E-state index contributed by atoms with van der Waals surface area (Å²) in [6.07, 6.45) is 9.91. The first-order valence-corrected chi connectivity index (χ1v) is 9.55. The second-order valence-corrected chi connectivity index (χ2v) is 7.42. The van der Waals surface area contributed by atoms with E-state index in [1.807, 2.05) is 10.6 Å². The summed E-state index contributed by atoms with van der Waals surface area (Å²) in [4.78, 5) is 8.83. The second kappa shape index (κ2) is 6.15. The van der Waals surface area contributed by atoms with Gasteiger partial charge in [0.05, 0.1) is 24.3 Å². The highest BCUT2D eigenvalue weighted by Crippen LogP contribution is 2.25. The van der Waals surface area contributed by atoms with Crippen molar-refractivity contribution in [3.05, 3.63) is 55.2 Å². The van der Waals surface area contributed by atoms with Crippen LogP contribution in [0.25, 0.3) is 16.9 Å². The summed E-state index contributed by atoms with van der Waals surface area (Å²) in [7, 11) is -3.30. The molecule has 0 bridgehead atoms. The molecule has 132 valence electrons. The number of sulfonamides is 1. The van der Waals surface area contributed by atoms with Crippen LogP contribution in [0.5, 0.6) is 0 Å². The molecule has 0 atom stereocenters. The van der Waals surface area contributed by atoms with Crippen LogP contribution in [0, 0.1) is 0 Å². The molecule has 10 heteroatoms. The lowest BCUT2D eigenvalue weighted by molar-refractivity contribution is 0.607. The van der Waals surface area contributed by atoms with E-state index in [2.05, 4.69) is 30.2 Å². The first-order valence-electron chi connectivity index (χ1n) is 7.66.